The number of nitrogens with zero attached hydrogens (tertiary/aromatic N) is 1. The molecule has 4 aliphatic carbocycles. The molecule has 1 aromatic carbocycles. The molecule has 3 nitrogen and oxygen atoms in total. The predicted octanol–water partition coefficient (Wildman–Crippen LogP) is 4.52. The number of hydrogen-bond acceptors (Lipinski definition) is 2. The van der Waals surface area contributed by atoms with Crippen LogP contribution in [-0.2, 0) is 10.2 Å². The summed E-state index contributed by atoms with van der Waals surface area (Å²) in [7, 11) is 0. The fraction of sp³-hybridized carbons (Fsp3) is 0.731. The van der Waals surface area contributed by atoms with Gasteiger partial charge < -0.3 is 10.2 Å². The second-order valence-electron chi connectivity index (χ2n) is 11.5. The van der Waals surface area contributed by atoms with E-state index in [1.54, 1.807) is 0 Å². The van der Waals surface area contributed by atoms with Crippen LogP contribution in [0, 0.1) is 22.7 Å². The quantitative estimate of drug-likeness (QED) is 0.817. The maximum atomic E-state index is 13.9. The number of carbonyl (C=O) groups excluding carboxylic acids is 1. The molecule has 0 aromatic heterocycles. The molecule has 3 heteroatoms. The molecular weight excluding hydrogens is 356 g/mol. The van der Waals surface area contributed by atoms with Gasteiger partial charge >= 0.3 is 0 Å². The maximum absolute atomic E-state index is 13.9. The van der Waals surface area contributed by atoms with Crippen LogP contribution < -0.4 is 5.32 Å². The first kappa shape index (κ1) is 18.4. The van der Waals surface area contributed by atoms with E-state index in [0.29, 0.717) is 23.3 Å². The Morgan fingerprint density at radius 2 is 1.86 bits per heavy atom. The fourth-order valence-electron chi connectivity index (χ4n) is 8.85. The summed E-state index contributed by atoms with van der Waals surface area (Å²) >= 11 is 0. The summed E-state index contributed by atoms with van der Waals surface area (Å²) in [6.45, 7) is 5.93. The van der Waals surface area contributed by atoms with E-state index in [1.807, 2.05) is 0 Å². The second kappa shape index (κ2) is 6.33. The van der Waals surface area contributed by atoms with Crippen LogP contribution in [-0.4, -0.2) is 36.5 Å². The van der Waals surface area contributed by atoms with Crippen molar-refractivity contribution in [3.8, 4) is 0 Å². The molecule has 1 amide bonds. The van der Waals surface area contributed by atoms with Crippen LogP contribution >= 0.6 is 0 Å². The van der Waals surface area contributed by atoms with Gasteiger partial charge in [-0.05, 0) is 92.7 Å². The van der Waals surface area contributed by atoms with Crippen LogP contribution in [0.4, 0.5) is 0 Å². The zero-order chi connectivity index (χ0) is 19.7. The SMILES string of the molecule is CC[C@]12CC3CC(C(=O)N[C@@H]4CN5CCC4CC5)(C1)C[C@@](c1ccccc1)(C3)C2. The van der Waals surface area contributed by atoms with Crippen molar-refractivity contribution in [3.05, 3.63) is 35.9 Å². The average molecular weight is 393 g/mol. The van der Waals surface area contributed by atoms with Crippen LogP contribution in [0.2, 0.25) is 0 Å². The van der Waals surface area contributed by atoms with Crippen molar-refractivity contribution in [2.45, 2.75) is 76.2 Å². The van der Waals surface area contributed by atoms with E-state index < -0.39 is 0 Å². The van der Waals surface area contributed by atoms with Gasteiger partial charge in [-0.1, -0.05) is 43.7 Å². The molecule has 29 heavy (non-hydrogen) atoms. The molecule has 7 fully saturated rings. The summed E-state index contributed by atoms with van der Waals surface area (Å²) in [6, 6.07) is 11.6. The number of carbonyl (C=O) groups is 1. The fourth-order valence-corrected chi connectivity index (χ4v) is 8.85. The minimum Gasteiger partial charge on any atom is -0.351 e. The Morgan fingerprint density at radius 3 is 2.55 bits per heavy atom. The first-order valence-corrected chi connectivity index (χ1v) is 12.1. The zero-order valence-electron chi connectivity index (χ0n) is 18.0. The van der Waals surface area contributed by atoms with Crippen molar-refractivity contribution >= 4 is 5.91 Å². The predicted molar refractivity (Wildman–Crippen MR) is 116 cm³/mol. The van der Waals surface area contributed by atoms with E-state index in [4.69, 9.17) is 0 Å². The molecule has 1 N–H and O–H groups in total. The van der Waals surface area contributed by atoms with Gasteiger partial charge in [-0.3, -0.25) is 4.79 Å². The number of rotatable bonds is 4. The van der Waals surface area contributed by atoms with Crippen molar-refractivity contribution < 1.29 is 4.79 Å². The Kier molecular flexibility index (Phi) is 4.02. The Hall–Kier alpha value is -1.35. The van der Waals surface area contributed by atoms with Gasteiger partial charge in [0.1, 0.15) is 0 Å². The number of fused-ring (bicyclic) bond motifs is 3. The van der Waals surface area contributed by atoms with Gasteiger partial charge in [0.25, 0.3) is 0 Å². The molecule has 6 bridgehead atoms. The molecular formula is C26H36N2O. The number of amides is 1. The van der Waals surface area contributed by atoms with E-state index in [0.717, 1.165) is 31.7 Å². The third-order valence-corrected chi connectivity index (χ3v) is 9.77. The smallest absolute Gasteiger partial charge is 0.226 e. The molecule has 7 aliphatic rings. The van der Waals surface area contributed by atoms with Gasteiger partial charge in [0.2, 0.25) is 5.91 Å². The minimum absolute atomic E-state index is 0.128. The van der Waals surface area contributed by atoms with Crippen molar-refractivity contribution in [1.29, 1.82) is 0 Å². The van der Waals surface area contributed by atoms with Gasteiger partial charge in [0.05, 0.1) is 5.41 Å². The summed E-state index contributed by atoms with van der Waals surface area (Å²) in [5, 5.41) is 3.64. The Labute approximate surface area is 175 Å². The van der Waals surface area contributed by atoms with Crippen LogP contribution in [0.3, 0.4) is 0 Å². The molecule has 1 aromatic rings. The Balaban J connectivity index is 1.33. The minimum atomic E-state index is -0.128. The summed E-state index contributed by atoms with van der Waals surface area (Å²) in [4.78, 5) is 16.5. The number of hydrogen-bond donors (Lipinski definition) is 1. The van der Waals surface area contributed by atoms with Gasteiger partial charge in [-0.15, -0.1) is 0 Å². The molecule has 156 valence electrons. The molecule has 3 heterocycles. The highest BCUT2D eigenvalue weighted by Gasteiger charge is 2.65. The molecule has 3 saturated heterocycles. The molecule has 4 saturated carbocycles. The van der Waals surface area contributed by atoms with Crippen molar-refractivity contribution in [3.63, 3.8) is 0 Å². The molecule has 0 spiro atoms. The van der Waals surface area contributed by atoms with E-state index in [-0.39, 0.29) is 10.8 Å². The molecule has 2 unspecified atom stereocenters. The van der Waals surface area contributed by atoms with E-state index in [2.05, 4.69) is 47.5 Å². The normalized spacial score (nSPS) is 47.3. The molecule has 3 aliphatic heterocycles. The number of benzene rings is 1. The highest BCUT2D eigenvalue weighted by molar-refractivity contribution is 5.84. The maximum Gasteiger partial charge on any atom is 0.226 e. The van der Waals surface area contributed by atoms with Crippen LogP contribution in [0.1, 0.15) is 70.3 Å². The highest BCUT2D eigenvalue weighted by Crippen LogP contribution is 2.71. The topological polar surface area (TPSA) is 32.3 Å². The summed E-state index contributed by atoms with van der Waals surface area (Å²) in [6.07, 6.45) is 11.1. The third kappa shape index (κ3) is 2.76. The van der Waals surface area contributed by atoms with Crippen molar-refractivity contribution in [2.24, 2.45) is 22.7 Å². The van der Waals surface area contributed by atoms with Crippen LogP contribution in [0.25, 0.3) is 0 Å². The summed E-state index contributed by atoms with van der Waals surface area (Å²) in [5.41, 5.74) is 1.98. The molecule has 0 radical (unpaired) electrons. The largest absolute Gasteiger partial charge is 0.351 e. The van der Waals surface area contributed by atoms with Gasteiger partial charge in [0.15, 0.2) is 0 Å². The third-order valence-electron chi connectivity index (χ3n) is 9.77. The summed E-state index contributed by atoms with van der Waals surface area (Å²) < 4.78 is 0. The first-order chi connectivity index (χ1) is 14.0. The van der Waals surface area contributed by atoms with Crippen molar-refractivity contribution in [1.82, 2.24) is 10.2 Å². The van der Waals surface area contributed by atoms with Gasteiger partial charge in [-0.2, -0.15) is 0 Å². The van der Waals surface area contributed by atoms with E-state index in [9.17, 15) is 4.79 Å². The lowest BCUT2D eigenvalue weighted by atomic mass is 9.38. The van der Waals surface area contributed by atoms with Gasteiger partial charge in [0, 0.05) is 12.6 Å². The average Bonchev–Trinajstić information content (AvgIpc) is 2.74. The van der Waals surface area contributed by atoms with Crippen LogP contribution in [0.15, 0.2) is 30.3 Å². The van der Waals surface area contributed by atoms with Crippen LogP contribution in [0.5, 0.6) is 0 Å². The lowest BCUT2D eigenvalue weighted by molar-refractivity contribution is -0.165. The van der Waals surface area contributed by atoms with E-state index in [1.165, 1.54) is 57.2 Å². The van der Waals surface area contributed by atoms with Crippen molar-refractivity contribution in [2.75, 3.05) is 19.6 Å². The first-order valence-electron chi connectivity index (χ1n) is 12.1. The Bertz CT molecular complexity index is 800. The zero-order valence-corrected chi connectivity index (χ0v) is 18.0. The lowest BCUT2D eigenvalue weighted by Gasteiger charge is -2.66. The monoisotopic (exact) mass is 392 g/mol. The lowest BCUT2D eigenvalue weighted by Crippen LogP contribution is -2.65. The molecule has 5 atom stereocenters. The Morgan fingerprint density at radius 1 is 1.07 bits per heavy atom. The molecule has 8 rings (SSSR count). The van der Waals surface area contributed by atoms with E-state index >= 15 is 0 Å². The number of nitrogens with one attached hydrogen (secondary N) is 1. The second-order valence-corrected chi connectivity index (χ2v) is 11.5. The van der Waals surface area contributed by atoms with Gasteiger partial charge in [-0.25, -0.2) is 0 Å². The highest BCUT2D eigenvalue weighted by atomic mass is 16.2. The summed E-state index contributed by atoms with van der Waals surface area (Å²) in [5.74, 6) is 1.85. The number of piperidine rings is 3. The standard InChI is InChI=1S/C26H36N2O/c1-2-24-12-19-13-25(16-24,21-6-4-3-5-7-21)18-26(14-19,17-24)23(29)27-22-15-28-10-8-20(22)9-11-28/h3-7,19-20,22H,2,8-18H2,1H3,(H,27,29)/t19?,22-,24-,25-,26?/m1/s1.